The van der Waals surface area contributed by atoms with Crippen LogP contribution in [0.3, 0.4) is 0 Å². The zero-order valence-electron chi connectivity index (χ0n) is 18.0. The quantitative estimate of drug-likeness (QED) is 0.774. The lowest BCUT2D eigenvalue weighted by Crippen LogP contribution is -2.42. The second-order valence-corrected chi connectivity index (χ2v) is 8.84. The average Bonchev–Trinajstić information content (AvgIpc) is 3.27. The summed E-state index contributed by atoms with van der Waals surface area (Å²) in [5, 5.41) is 9.80. The molecule has 1 saturated heterocycles. The number of nitrogens with zero attached hydrogens (tertiary/aromatic N) is 5. The fourth-order valence-corrected chi connectivity index (χ4v) is 5.17. The number of hydrogen-bond acceptors (Lipinski definition) is 6. The molecule has 0 aliphatic carbocycles. The van der Waals surface area contributed by atoms with Gasteiger partial charge in [0.2, 0.25) is 0 Å². The summed E-state index contributed by atoms with van der Waals surface area (Å²) >= 11 is 0. The molecule has 2 aromatic rings. The van der Waals surface area contributed by atoms with Crippen LogP contribution in [-0.2, 0) is 4.79 Å². The fraction of sp³-hybridized carbons (Fsp3) is 0.565. The molecule has 7 nitrogen and oxygen atoms in total. The van der Waals surface area contributed by atoms with E-state index in [0.29, 0.717) is 5.92 Å². The second-order valence-electron chi connectivity index (χ2n) is 8.84. The summed E-state index contributed by atoms with van der Waals surface area (Å²) in [6, 6.07) is 8.14. The third-order valence-electron chi connectivity index (χ3n) is 7.09. The van der Waals surface area contributed by atoms with Crippen molar-refractivity contribution in [3.05, 3.63) is 41.2 Å². The van der Waals surface area contributed by atoms with Gasteiger partial charge in [-0.1, -0.05) is 17.3 Å². The van der Waals surface area contributed by atoms with E-state index in [1.54, 1.807) is 0 Å². The lowest BCUT2D eigenvalue weighted by atomic mass is 9.91. The van der Waals surface area contributed by atoms with Gasteiger partial charge >= 0.3 is 0 Å². The normalized spacial score (nSPS) is 22.3. The maximum Gasteiger partial charge on any atom is 0.253 e. The minimum atomic E-state index is 0.239. The molecule has 0 radical (unpaired) electrons. The molecule has 30 heavy (non-hydrogen) atoms. The monoisotopic (exact) mass is 409 g/mol. The third-order valence-corrected chi connectivity index (χ3v) is 7.09. The first-order valence-electron chi connectivity index (χ1n) is 11.1. The Kier molecular flexibility index (Phi) is 5.25. The highest BCUT2D eigenvalue weighted by Gasteiger charge is 2.33. The van der Waals surface area contributed by atoms with Gasteiger partial charge in [-0.15, -0.1) is 0 Å². The van der Waals surface area contributed by atoms with Crippen LogP contribution < -0.4 is 0 Å². The summed E-state index contributed by atoms with van der Waals surface area (Å²) < 4.78 is 5.51. The van der Waals surface area contributed by atoms with Gasteiger partial charge < -0.3 is 19.3 Å². The number of allylic oxidation sites excluding steroid dienone is 1. The van der Waals surface area contributed by atoms with Gasteiger partial charge in [0.15, 0.2) is 5.58 Å². The number of para-hydroxylation sites is 1. The zero-order valence-corrected chi connectivity index (χ0v) is 18.0. The Hall–Kier alpha value is -2.38. The SMILES string of the molecule is CN1CC2=C(CCCN(CCN3CCC(c4noc5ccccc45)CC3)C2=O)N1C. The van der Waals surface area contributed by atoms with Crippen LogP contribution in [-0.4, -0.2) is 84.2 Å². The molecule has 160 valence electrons. The van der Waals surface area contributed by atoms with Crippen LogP contribution in [0, 0.1) is 0 Å². The standard InChI is InChI=1S/C23H31N5O2/c1-25-16-19-20(26(25)2)7-5-11-28(23(19)29)15-14-27-12-9-17(10-13-27)22-18-6-3-4-8-21(18)30-24-22/h3-4,6,8,17H,5,7,9-16H2,1-2H3. The summed E-state index contributed by atoms with van der Waals surface area (Å²) in [4.78, 5) is 17.7. The number of hydrazine groups is 1. The van der Waals surface area contributed by atoms with Gasteiger partial charge in [0.05, 0.1) is 17.8 Å². The third kappa shape index (κ3) is 3.50. The predicted molar refractivity (Wildman–Crippen MR) is 116 cm³/mol. The van der Waals surface area contributed by atoms with Gasteiger partial charge in [-0.2, -0.15) is 0 Å². The molecular weight excluding hydrogens is 378 g/mol. The van der Waals surface area contributed by atoms with Gasteiger partial charge in [-0.25, -0.2) is 5.01 Å². The van der Waals surface area contributed by atoms with Crippen molar-refractivity contribution in [1.29, 1.82) is 0 Å². The van der Waals surface area contributed by atoms with E-state index in [1.807, 2.05) is 12.1 Å². The number of benzene rings is 1. The summed E-state index contributed by atoms with van der Waals surface area (Å²) in [5.41, 5.74) is 4.20. The number of fused-ring (bicyclic) bond motifs is 1. The molecule has 1 fully saturated rings. The number of carbonyl (C=O) groups excluding carboxylic acids is 1. The van der Waals surface area contributed by atoms with Crippen LogP contribution in [0.5, 0.6) is 0 Å². The Labute approximate surface area is 177 Å². The first kappa shape index (κ1) is 19.6. The van der Waals surface area contributed by atoms with Gasteiger partial charge in [-0.3, -0.25) is 4.79 Å². The van der Waals surface area contributed by atoms with Gasteiger partial charge in [0.1, 0.15) is 0 Å². The highest BCUT2D eigenvalue weighted by Crippen LogP contribution is 2.32. The minimum Gasteiger partial charge on any atom is -0.356 e. The van der Waals surface area contributed by atoms with E-state index >= 15 is 0 Å². The number of rotatable bonds is 4. The minimum absolute atomic E-state index is 0.239. The fourth-order valence-electron chi connectivity index (χ4n) is 5.17. The average molecular weight is 410 g/mol. The number of likely N-dealkylation sites (tertiary alicyclic amines) is 1. The first-order valence-corrected chi connectivity index (χ1v) is 11.1. The number of hydrogen-bond donors (Lipinski definition) is 0. The number of aromatic nitrogens is 1. The van der Waals surface area contributed by atoms with Crippen LogP contribution in [0.4, 0.5) is 0 Å². The van der Waals surface area contributed by atoms with Gasteiger partial charge in [-0.05, 0) is 50.9 Å². The Morgan fingerprint density at radius 3 is 2.73 bits per heavy atom. The zero-order chi connectivity index (χ0) is 20.7. The summed E-state index contributed by atoms with van der Waals surface area (Å²) in [5.74, 6) is 0.699. The molecule has 4 heterocycles. The van der Waals surface area contributed by atoms with E-state index in [9.17, 15) is 4.79 Å². The molecule has 0 N–H and O–H groups in total. The van der Waals surface area contributed by atoms with Crippen LogP contribution in [0.15, 0.2) is 40.1 Å². The number of piperidine rings is 1. The topological polar surface area (TPSA) is 56.1 Å². The molecule has 0 saturated carbocycles. The number of amides is 1. The summed E-state index contributed by atoms with van der Waals surface area (Å²) in [6.45, 7) is 5.47. The van der Waals surface area contributed by atoms with Gasteiger partial charge in [0, 0.05) is 50.7 Å². The second kappa shape index (κ2) is 8.04. The molecule has 0 unspecified atom stereocenters. The molecule has 0 atom stereocenters. The molecule has 1 amide bonds. The Morgan fingerprint density at radius 2 is 1.90 bits per heavy atom. The molecule has 3 aliphatic heterocycles. The van der Waals surface area contributed by atoms with Crippen LogP contribution >= 0.6 is 0 Å². The number of likely N-dealkylation sites (N-methyl/N-ethyl adjacent to an activating group) is 1. The van der Waals surface area contributed by atoms with E-state index in [2.05, 4.69) is 51.2 Å². The molecule has 1 aromatic carbocycles. The first-order chi connectivity index (χ1) is 14.6. The molecule has 7 heteroatoms. The summed E-state index contributed by atoms with van der Waals surface area (Å²) in [6.07, 6.45) is 4.23. The molecule has 1 aromatic heterocycles. The Bertz CT molecular complexity index is 959. The van der Waals surface area contributed by atoms with Gasteiger partial charge in [0.25, 0.3) is 5.91 Å². The van der Waals surface area contributed by atoms with E-state index in [-0.39, 0.29) is 5.91 Å². The Morgan fingerprint density at radius 1 is 1.10 bits per heavy atom. The van der Waals surface area contributed by atoms with Crippen molar-refractivity contribution in [1.82, 2.24) is 25.0 Å². The molecule has 0 bridgehead atoms. The van der Waals surface area contributed by atoms with E-state index in [1.165, 1.54) is 5.70 Å². The highest BCUT2D eigenvalue weighted by atomic mass is 16.5. The lowest BCUT2D eigenvalue weighted by molar-refractivity contribution is -0.127. The van der Waals surface area contributed by atoms with Crippen LogP contribution in [0.25, 0.3) is 11.0 Å². The van der Waals surface area contributed by atoms with Crippen molar-refractivity contribution in [2.45, 2.75) is 31.6 Å². The van der Waals surface area contributed by atoms with Crippen molar-refractivity contribution in [2.75, 3.05) is 53.4 Å². The van der Waals surface area contributed by atoms with Crippen molar-refractivity contribution >= 4 is 16.9 Å². The van der Waals surface area contributed by atoms with E-state index in [0.717, 1.165) is 87.2 Å². The predicted octanol–water partition coefficient (Wildman–Crippen LogP) is 2.68. The largest absolute Gasteiger partial charge is 0.356 e. The molecular formula is C23H31N5O2. The van der Waals surface area contributed by atoms with E-state index < -0.39 is 0 Å². The molecule has 5 rings (SSSR count). The Balaban J connectivity index is 1.17. The van der Waals surface area contributed by atoms with Crippen molar-refractivity contribution in [2.24, 2.45) is 0 Å². The maximum atomic E-state index is 13.1. The molecule has 3 aliphatic rings. The lowest BCUT2D eigenvalue weighted by Gasteiger charge is -2.33. The van der Waals surface area contributed by atoms with Crippen LogP contribution in [0.2, 0.25) is 0 Å². The number of carbonyl (C=O) groups is 1. The van der Waals surface area contributed by atoms with Crippen molar-refractivity contribution in [3.8, 4) is 0 Å². The van der Waals surface area contributed by atoms with Crippen molar-refractivity contribution < 1.29 is 9.32 Å². The summed E-state index contributed by atoms with van der Waals surface area (Å²) in [7, 11) is 4.11. The molecule has 0 spiro atoms. The highest BCUT2D eigenvalue weighted by molar-refractivity contribution is 5.95. The maximum absolute atomic E-state index is 13.1. The van der Waals surface area contributed by atoms with Crippen LogP contribution in [0.1, 0.15) is 37.3 Å². The van der Waals surface area contributed by atoms with E-state index in [4.69, 9.17) is 4.52 Å². The smallest absolute Gasteiger partial charge is 0.253 e. The van der Waals surface area contributed by atoms with Crippen molar-refractivity contribution in [3.63, 3.8) is 0 Å².